The highest BCUT2D eigenvalue weighted by molar-refractivity contribution is 5.70. The summed E-state index contributed by atoms with van der Waals surface area (Å²) in [5.41, 5.74) is 0. The molecular weight excluding hydrogens is 1130 g/mol. The predicted octanol–water partition coefficient (Wildman–Crippen LogP) is 21.2. The van der Waals surface area contributed by atoms with Gasteiger partial charge >= 0.3 is 11.9 Å². The zero-order valence-electron chi connectivity index (χ0n) is 58.1. The summed E-state index contributed by atoms with van der Waals surface area (Å²) < 4.78 is 22.8. The first kappa shape index (κ1) is 85.1. The van der Waals surface area contributed by atoms with Crippen molar-refractivity contribution in [2.45, 2.75) is 257 Å². The molecular formula is C82H129NO8. The second-order valence-corrected chi connectivity index (χ2v) is 24.1. The van der Waals surface area contributed by atoms with Gasteiger partial charge in [0.25, 0.3) is 0 Å². The van der Waals surface area contributed by atoms with Gasteiger partial charge in [-0.05, 0) is 141 Å². The smallest absolute Gasteiger partial charge is 0.306 e. The summed E-state index contributed by atoms with van der Waals surface area (Å²) in [5, 5.41) is 11.8. The van der Waals surface area contributed by atoms with E-state index < -0.39 is 24.3 Å². The molecule has 0 aromatic carbocycles. The maximum absolute atomic E-state index is 12.9. The maximum Gasteiger partial charge on any atom is 0.306 e. The Morgan fingerprint density at radius 2 is 0.593 bits per heavy atom. The molecule has 0 amide bonds. The van der Waals surface area contributed by atoms with Gasteiger partial charge in [-0.25, -0.2) is 0 Å². The number of ether oxygens (including phenoxy) is 4. The van der Waals surface area contributed by atoms with E-state index in [0.717, 1.165) is 167 Å². The molecule has 0 aromatic heterocycles. The summed E-state index contributed by atoms with van der Waals surface area (Å²) in [6.45, 7) is 4.47. The van der Waals surface area contributed by atoms with Gasteiger partial charge < -0.3 is 33.3 Å². The first-order valence-electron chi connectivity index (χ1n) is 35.6. The van der Waals surface area contributed by atoms with Gasteiger partial charge in [0.15, 0.2) is 12.4 Å². The molecule has 9 nitrogen and oxygen atoms in total. The van der Waals surface area contributed by atoms with E-state index >= 15 is 0 Å². The van der Waals surface area contributed by atoms with Gasteiger partial charge in [0, 0.05) is 12.8 Å². The number of rotatable bonds is 63. The number of hydrogen-bond acceptors (Lipinski definition) is 8. The fraction of sp³-hybridized carbons (Fsp3) is 0.573. The molecule has 2 unspecified atom stereocenters. The third-order valence-corrected chi connectivity index (χ3v) is 14.3. The molecule has 9 heteroatoms. The van der Waals surface area contributed by atoms with Crippen molar-refractivity contribution in [1.29, 1.82) is 0 Å². The lowest BCUT2D eigenvalue weighted by atomic mass is 10.0. The van der Waals surface area contributed by atoms with Crippen LogP contribution in [0, 0.1) is 0 Å². The molecule has 0 saturated heterocycles. The van der Waals surface area contributed by atoms with E-state index in [0.29, 0.717) is 17.4 Å². The molecule has 0 aliphatic rings. The van der Waals surface area contributed by atoms with Crippen molar-refractivity contribution < 1.29 is 42.9 Å². The number of aliphatic carboxylic acids is 1. The van der Waals surface area contributed by atoms with Crippen LogP contribution in [-0.2, 0) is 33.3 Å². The summed E-state index contributed by atoms with van der Waals surface area (Å²) >= 11 is 0. The van der Waals surface area contributed by atoms with Crippen molar-refractivity contribution in [3.05, 3.63) is 194 Å². The average molecular weight is 1260 g/mol. The summed E-state index contributed by atoms with van der Waals surface area (Å²) in [4.78, 5) is 37.5. The third-order valence-electron chi connectivity index (χ3n) is 14.3. The molecule has 0 aliphatic heterocycles. The molecule has 0 aliphatic carbocycles. The van der Waals surface area contributed by atoms with Gasteiger partial charge in [0.1, 0.15) is 13.2 Å². The number of likely N-dealkylation sites (N-methyl/N-ethyl adjacent to an activating group) is 1. The number of hydrogen-bond donors (Lipinski definition) is 0. The van der Waals surface area contributed by atoms with Gasteiger partial charge in [-0.1, -0.05) is 285 Å². The Hall–Kier alpha value is -5.87. The number of carbonyl (C=O) groups is 3. The number of carboxylic acids is 1. The molecule has 2 atom stereocenters. The maximum atomic E-state index is 12.9. The third kappa shape index (κ3) is 71.4. The van der Waals surface area contributed by atoms with Gasteiger partial charge in [-0.2, -0.15) is 0 Å². The number of carbonyl (C=O) groups excluding carboxylic acids is 3. The van der Waals surface area contributed by atoms with E-state index in [1.54, 1.807) is 0 Å². The fourth-order valence-corrected chi connectivity index (χ4v) is 8.98. The van der Waals surface area contributed by atoms with Gasteiger partial charge in [-0.3, -0.25) is 9.59 Å². The number of nitrogens with zero attached hydrogens (tertiary/aromatic N) is 1. The fourth-order valence-electron chi connectivity index (χ4n) is 8.98. The Morgan fingerprint density at radius 1 is 0.330 bits per heavy atom. The van der Waals surface area contributed by atoms with Crippen molar-refractivity contribution in [3.63, 3.8) is 0 Å². The van der Waals surface area contributed by atoms with Gasteiger partial charge in [0.2, 0.25) is 0 Å². The van der Waals surface area contributed by atoms with Crippen molar-refractivity contribution in [1.82, 2.24) is 0 Å². The molecule has 0 N–H and O–H groups in total. The van der Waals surface area contributed by atoms with Crippen molar-refractivity contribution >= 4 is 17.9 Å². The van der Waals surface area contributed by atoms with E-state index in [1.165, 1.54) is 44.9 Å². The minimum absolute atomic E-state index is 0.132. The van der Waals surface area contributed by atoms with E-state index in [-0.39, 0.29) is 38.6 Å². The minimum Gasteiger partial charge on any atom is -0.545 e. The van der Waals surface area contributed by atoms with Crippen LogP contribution in [0.4, 0.5) is 0 Å². The summed E-state index contributed by atoms with van der Waals surface area (Å²) in [6, 6.07) is 0. The van der Waals surface area contributed by atoms with Crippen molar-refractivity contribution in [2.75, 3.05) is 47.5 Å². The largest absolute Gasteiger partial charge is 0.545 e. The quantitative estimate of drug-likeness (QED) is 0.0195. The first-order valence-corrected chi connectivity index (χ1v) is 35.6. The number of allylic oxidation sites excluding steroid dienone is 32. The van der Waals surface area contributed by atoms with Gasteiger partial charge in [-0.15, -0.1) is 0 Å². The Bertz CT molecular complexity index is 2200. The van der Waals surface area contributed by atoms with Crippen LogP contribution in [0.1, 0.15) is 245 Å². The lowest BCUT2D eigenvalue weighted by Gasteiger charge is -2.26. The highest BCUT2D eigenvalue weighted by Crippen LogP contribution is 2.15. The lowest BCUT2D eigenvalue weighted by molar-refractivity contribution is -0.870. The van der Waals surface area contributed by atoms with Crippen LogP contribution < -0.4 is 5.11 Å². The molecule has 0 rings (SSSR count). The minimum atomic E-state index is -1.64. The molecule has 0 saturated carbocycles. The highest BCUT2D eigenvalue weighted by atomic mass is 16.7. The highest BCUT2D eigenvalue weighted by Gasteiger charge is 2.22. The van der Waals surface area contributed by atoms with E-state index in [9.17, 15) is 19.5 Å². The molecule has 0 fully saturated rings. The van der Waals surface area contributed by atoms with Crippen LogP contribution in [0.2, 0.25) is 0 Å². The van der Waals surface area contributed by atoms with Crippen LogP contribution in [0.3, 0.4) is 0 Å². The molecule has 0 heterocycles. The van der Waals surface area contributed by atoms with E-state index in [1.807, 2.05) is 21.1 Å². The monoisotopic (exact) mass is 1260 g/mol. The van der Waals surface area contributed by atoms with Gasteiger partial charge in [0.05, 0.1) is 40.3 Å². The Labute approximate surface area is 557 Å². The van der Waals surface area contributed by atoms with Crippen molar-refractivity contribution in [2.24, 2.45) is 0 Å². The summed E-state index contributed by atoms with van der Waals surface area (Å²) in [5.74, 6) is -2.33. The molecule has 91 heavy (non-hydrogen) atoms. The molecule has 0 spiro atoms. The average Bonchev–Trinajstić information content (AvgIpc) is 3.46. The number of quaternary nitrogens is 1. The predicted molar refractivity (Wildman–Crippen MR) is 388 cm³/mol. The zero-order chi connectivity index (χ0) is 66.1. The van der Waals surface area contributed by atoms with Crippen LogP contribution in [0.25, 0.3) is 0 Å². The van der Waals surface area contributed by atoms with E-state index in [2.05, 4.69) is 208 Å². The second-order valence-electron chi connectivity index (χ2n) is 24.1. The number of carboxylic acid groups (broad SMARTS) is 1. The van der Waals surface area contributed by atoms with E-state index in [4.69, 9.17) is 18.9 Å². The van der Waals surface area contributed by atoms with Crippen molar-refractivity contribution in [3.8, 4) is 0 Å². The Morgan fingerprint density at radius 3 is 0.879 bits per heavy atom. The molecule has 0 radical (unpaired) electrons. The Kier molecular flexibility index (Phi) is 65.5. The first-order chi connectivity index (χ1) is 44.6. The standard InChI is InChI=1S/C82H129NO8/c1-6-8-10-12-14-16-18-20-22-24-26-28-30-32-34-36-38-40-42-44-46-48-50-52-54-56-58-60-62-64-66-68-70-72-79(84)89-76-78(77-90-82(81(86)87)88-75-74-83(3,4)5)91-80(85)73-71-69-67-65-63-61-59-57-55-53-51-49-47-45-43-41-39-37-35-33-31-29-27-25-23-21-19-17-15-13-11-9-7-2/h8-11,14-17,20-23,26-29,32-35,38-41,44-47,51,53,57,59,78,82H,6-7,12-13,18-19,24-25,30-31,36-37,42-43,48-50,52,54-56,58,60-77H2,1-5H3/b10-8-,11-9-,16-14-,17-15-,22-20-,23-21-,28-26-,29-27-,34-32-,35-33-,40-38-,41-39-,46-44-,47-45-,53-51-,59-57-. The summed E-state index contributed by atoms with van der Waals surface area (Å²) in [7, 11) is 5.91. The van der Waals surface area contributed by atoms with Crippen LogP contribution in [0.5, 0.6) is 0 Å². The molecule has 0 bridgehead atoms. The lowest BCUT2D eigenvalue weighted by Crippen LogP contribution is -2.44. The van der Waals surface area contributed by atoms with Crippen LogP contribution in [0.15, 0.2) is 194 Å². The topological polar surface area (TPSA) is 111 Å². The molecule has 510 valence electrons. The zero-order valence-corrected chi connectivity index (χ0v) is 58.1. The molecule has 0 aromatic rings. The van der Waals surface area contributed by atoms with Crippen LogP contribution in [-0.4, -0.2) is 82.3 Å². The van der Waals surface area contributed by atoms with Crippen LogP contribution >= 0.6 is 0 Å². The number of unbranched alkanes of at least 4 members (excludes halogenated alkanes) is 16. The Balaban J connectivity index is 4.25. The number of esters is 2. The SMILES string of the molecule is CC/C=C\C/C=C\C/C=C\C/C=C\C/C=C\C/C=C\C/C=C\C/C=C\C/C=C\CCCCCCCC(=O)OC(COC(=O)CCCCCCCCCCCCC/C=C\C/C=C\C/C=C\C/C=C\C/C=C\C/C=C\C/C=C\CC)COC(OCC[N+](C)(C)C)C(=O)[O-]. The summed E-state index contributed by atoms with van der Waals surface area (Å²) in [6.07, 6.45) is 105. The normalized spacial score (nSPS) is 13.9. The second kappa shape index (κ2) is 70.0.